The van der Waals surface area contributed by atoms with Gasteiger partial charge in [-0.15, -0.1) is 0 Å². The minimum Gasteiger partial charge on any atom is -0.394 e. The van der Waals surface area contributed by atoms with Crippen molar-refractivity contribution in [2.75, 3.05) is 39.5 Å². The van der Waals surface area contributed by atoms with Gasteiger partial charge in [-0.2, -0.15) is 5.26 Å². The lowest BCUT2D eigenvalue weighted by molar-refractivity contribution is -0.149. The van der Waals surface area contributed by atoms with E-state index in [2.05, 4.69) is 41.3 Å². The number of aliphatic hydroxyl groups excluding tert-OH is 1. The van der Waals surface area contributed by atoms with Crippen molar-refractivity contribution >= 4 is 11.5 Å². The third-order valence-electron chi connectivity index (χ3n) is 6.44. The van der Waals surface area contributed by atoms with E-state index < -0.39 is 6.04 Å². The molecule has 3 aliphatic rings. The molecule has 1 aliphatic carbocycles. The van der Waals surface area contributed by atoms with Crippen molar-refractivity contribution in [3.8, 4) is 6.07 Å². The summed E-state index contributed by atoms with van der Waals surface area (Å²) >= 11 is 0. The first-order valence-corrected chi connectivity index (χ1v) is 10.6. The molecule has 0 aromatic heterocycles. The Kier molecular flexibility index (Phi) is 6.29. The summed E-state index contributed by atoms with van der Waals surface area (Å²) in [5, 5.41) is 19.7. The average Bonchev–Trinajstić information content (AvgIpc) is 2.75. The molecule has 0 saturated carbocycles. The zero-order valence-corrected chi connectivity index (χ0v) is 16.8. The molecule has 2 aliphatic heterocycles. The maximum absolute atomic E-state index is 12.8. The van der Waals surface area contributed by atoms with Crippen molar-refractivity contribution in [3.63, 3.8) is 0 Å². The molecule has 29 heavy (non-hydrogen) atoms. The first-order valence-electron chi connectivity index (χ1n) is 10.6. The summed E-state index contributed by atoms with van der Waals surface area (Å²) in [5.41, 5.74) is 3.66. The van der Waals surface area contributed by atoms with E-state index in [1.807, 2.05) is 0 Å². The van der Waals surface area contributed by atoms with E-state index in [1.54, 1.807) is 4.90 Å². The minimum atomic E-state index is -0.527. The molecule has 2 saturated heterocycles. The number of aliphatic hydroxyl groups is 1. The van der Waals surface area contributed by atoms with Gasteiger partial charge >= 0.3 is 0 Å². The summed E-state index contributed by atoms with van der Waals surface area (Å²) in [7, 11) is 0. The number of morpholine rings is 1. The highest BCUT2D eigenvalue weighted by molar-refractivity contribution is 5.81. The third-order valence-corrected chi connectivity index (χ3v) is 6.44. The number of hydrogen-bond donors (Lipinski definition) is 1. The van der Waals surface area contributed by atoms with Gasteiger partial charge in [0.1, 0.15) is 6.04 Å². The molecule has 1 N–H and O–H groups in total. The zero-order chi connectivity index (χ0) is 20.2. The van der Waals surface area contributed by atoms with Crippen molar-refractivity contribution in [1.29, 1.82) is 5.26 Å². The zero-order valence-electron chi connectivity index (χ0n) is 16.8. The van der Waals surface area contributed by atoms with Crippen molar-refractivity contribution in [3.05, 3.63) is 41.5 Å². The van der Waals surface area contributed by atoms with Crippen LogP contribution in [0.2, 0.25) is 0 Å². The lowest BCUT2D eigenvalue weighted by Crippen LogP contribution is -2.66. The van der Waals surface area contributed by atoms with Crippen LogP contribution in [0, 0.1) is 11.3 Å². The molecule has 4 rings (SSSR count). The molecule has 3 atom stereocenters. The number of likely N-dealkylation sites (tertiary alicyclic amines) is 1. The highest BCUT2D eigenvalue weighted by Gasteiger charge is 2.51. The maximum Gasteiger partial charge on any atom is 0.238 e. The third kappa shape index (κ3) is 4.09. The largest absolute Gasteiger partial charge is 0.394 e. The molecule has 1 aromatic carbocycles. The van der Waals surface area contributed by atoms with Gasteiger partial charge in [0.05, 0.1) is 38.5 Å². The van der Waals surface area contributed by atoms with Crippen LogP contribution >= 0.6 is 0 Å². The molecule has 0 radical (unpaired) electrons. The summed E-state index contributed by atoms with van der Waals surface area (Å²) < 4.78 is 5.33. The Labute approximate surface area is 172 Å². The number of ether oxygens (including phenoxy) is 1. The molecule has 0 bridgehead atoms. The quantitative estimate of drug-likeness (QED) is 0.827. The topological polar surface area (TPSA) is 76.8 Å². The molecule has 1 amide bonds. The molecule has 1 aromatic rings. The van der Waals surface area contributed by atoms with Gasteiger partial charge in [-0.25, -0.2) is 0 Å². The first kappa shape index (κ1) is 20.1. The molecular formula is C23H29N3O3. The van der Waals surface area contributed by atoms with E-state index in [9.17, 15) is 15.2 Å². The Morgan fingerprint density at radius 1 is 1.21 bits per heavy atom. The highest BCUT2D eigenvalue weighted by atomic mass is 16.5. The van der Waals surface area contributed by atoms with Gasteiger partial charge in [-0.05, 0) is 42.4 Å². The van der Waals surface area contributed by atoms with Gasteiger partial charge in [-0.3, -0.25) is 9.69 Å². The van der Waals surface area contributed by atoms with E-state index >= 15 is 0 Å². The van der Waals surface area contributed by atoms with Gasteiger partial charge in [-0.1, -0.05) is 30.3 Å². The fraction of sp³-hybridized carbons (Fsp3) is 0.565. The van der Waals surface area contributed by atoms with Crippen molar-refractivity contribution in [2.24, 2.45) is 0 Å². The molecular weight excluding hydrogens is 366 g/mol. The predicted molar refractivity (Wildman–Crippen MR) is 110 cm³/mol. The first-order chi connectivity index (χ1) is 14.2. The van der Waals surface area contributed by atoms with Gasteiger partial charge in [0.15, 0.2) is 0 Å². The summed E-state index contributed by atoms with van der Waals surface area (Å²) in [5.74, 6) is -0.231. The summed E-state index contributed by atoms with van der Waals surface area (Å²) in [6.07, 6.45) is 7.08. The molecule has 0 spiro atoms. The van der Waals surface area contributed by atoms with Crippen LogP contribution in [0.25, 0.3) is 5.57 Å². The highest BCUT2D eigenvalue weighted by Crippen LogP contribution is 2.41. The summed E-state index contributed by atoms with van der Waals surface area (Å²) in [6, 6.07) is 9.79. The van der Waals surface area contributed by atoms with Crippen LogP contribution in [-0.4, -0.2) is 72.4 Å². The second kappa shape index (κ2) is 9.08. The Morgan fingerprint density at radius 2 is 1.97 bits per heavy atom. The van der Waals surface area contributed by atoms with E-state index in [1.165, 1.54) is 24.0 Å². The lowest BCUT2D eigenvalue weighted by atomic mass is 9.75. The minimum absolute atomic E-state index is 0.0854. The lowest BCUT2D eigenvalue weighted by Gasteiger charge is -2.52. The van der Waals surface area contributed by atoms with Crippen molar-refractivity contribution in [2.45, 2.75) is 43.7 Å². The van der Waals surface area contributed by atoms with E-state index in [4.69, 9.17) is 4.74 Å². The number of benzene rings is 1. The van der Waals surface area contributed by atoms with Gasteiger partial charge in [0, 0.05) is 19.0 Å². The molecule has 2 heterocycles. The smallest absolute Gasteiger partial charge is 0.238 e. The molecule has 0 unspecified atom stereocenters. The maximum atomic E-state index is 12.8. The SMILES string of the molecule is N#C[C@@H]1[C@H](c2ccc(C3=CCCCC3)cc2)[C@@H](CO)N1C(=O)CN1CCOCC1. The number of hydrogen-bond acceptors (Lipinski definition) is 5. The van der Waals surface area contributed by atoms with E-state index in [0.29, 0.717) is 13.2 Å². The Bertz CT molecular complexity index is 793. The van der Waals surface area contributed by atoms with Crippen LogP contribution in [-0.2, 0) is 9.53 Å². The predicted octanol–water partition coefficient (Wildman–Crippen LogP) is 2.16. The average molecular weight is 396 g/mol. The normalized spacial score (nSPS) is 27.7. The number of carbonyl (C=O) groups excluding carboxylic acids is 1. The fourth-order valence-electron chi connectivity index (χ4n) is 4.80. The molecule has 6 nitrogen and oxygen atoms in total. The number of carbonyl (C=O) groups is 1. The van der Waals surface area contributed by atoms with Crippen molar-refractivity contribution < 1.29 is 14.6 Å². The summed E-state index contributed by atoms with van der Waals surface area (Å²) in [6.45, 7) is 2.85. The molecule has 2 fully saturated rings. The summed E-state index contributed by atoms with van der Waals surface area (Å²) in [4.78, 5) is 16.5. The van der Waals surface area contributed by atoms with Gasteiger partial charge in [0.25, 0.3) is 0 Å². The van der Waals surface area contributed by atoms with Crippen LogP contribution in [0.3, 0.4) is 0 Å². The monoisotopic (exact) mass is 395 g/mol. The van der Waals surface area contributed by atoms with Crippen LogP contribution < -0.4 is 0 Å². The fourth-order valence-corrected chi connectivity index (χ4v) is 4.80. The molecule has 6 heteroatoms. The number of allylic oxidation sites excluding steroid dienone is 2. The number of amides is 1. The van der Waals surface area contributed by atoms with E-state index in [0.717, 1.165) is 31.5 Å². The number of nitrogens with zero attached hydrogens (tertiary/aromatic N) is 3. The van der Waals surface area contributed by atoms with Crippen LogP contribution in [0.4, 0.5) is 0 Å². The van der Waals surface area contributed by atoms with Crippen LogP contribution in [0.1, 0.15) is 42.7 Å². The second-order valence-electron chi connectivity index (χ2n) is 8.14. The second-order valence-corrected chi connectivity index (χ2v) is 8.14. The Hall–Kier alpha value is -2.20. The number of nitriles is 1. The van der Waals surface area contributed by atoms with Crippen LogP contribution in [0.5, 0.6) is 0 Å². The van der Waals surface area contributed by atoms with E-state index in [-0.39, 0.29) is 31.0 Å². The van der Waals surface area contributed by atoms with Crippen molar-refractivity contribution in [1.82, 2.24) is 9.80 Å². The Balaban J connectivity index is 1.47. The van der Waals surface area contributed by atoms with Gasteiger partial charge < -0.3 is 14.7 Å². The Morgan fingerprint density at radius 3 is 2.59 bits per heavy atom. The molecule has 154 valence electrons. The van der Waals surface area contributed by atoms with Crippen LogP contribution in [0.15, 0.2) is 30.3 Å². The van der Waals surface area contributed by atoms with Gasteiger partial charge in [0.2, 0.25) is 5.91 Å². The number of rotatable bonds is 5. The standard InChI is InChI=1S/C23H29N3O3/c24-14-20-23(19-8-6-18(7-9-19)17-4-2-1-3-5-17)21(16-27)26(20)22(28)15-25-10-12-29-13-11-25/h4,6-9,20-21,23,27H,1-3,5,10-13,15-16H2/t20-,21-,23+/m1/s1.